The Bertz CT molecular complexity index is 1130. The van der Waals surface area contributed by atoms with Gasteiger partial charge in [-0.3, -0.25) is 14.3 Å². The van der Waals surface area contributed by atoms with E-state index in [4.69, 9.17) is 0 Å². The molecule has 2 aromatic carbocycles. The Labute approximate surface area is 141 Å². The van der Waals surface area contributed by atoms with E-state index in [-0.39, 0.29) is 10.4 Å². The van der Waals surface area contributed by atoms with Crippen LogP contribution in [0, 0.1) is 0 Å². The van der Waals surface area contributed by atoms with Crippen LogP contribution in [0.1, 0.15) is 0 Å². The molecule has 1 heterocycles. The van der Waals surface area contributed by atoms with Crippen LogP contribution in [-0.2, 0) is 10.0 Å². The van der Waals surface area contributed by atoms with Crippen molar-refractivity contribution in [1.29, 1.82) is 0 Å². The number of sulfonamides is 1. The van der Waals surface area contributed by atoms with Crippen molar-refractivity contribution in [2.45, 2.75) is 9.79 Å². The normalized spacial score (nSPS) is 11.5. The first kappa shape index (κ1) is 16.3. The quantitative estimate of drug-likeness (QED) is 0.483. The smallest absolute Gasteiger partial charge is 0.314 e. The van der Waals surface area contributed by atoms with E-state index in [1.807, 2.05) is 18.4 Å². The highest BCUT2D eigenvalue weighted by molar-refractivity contribution is 7.99. The summed E-state index contributed by atoms with van der Waals surface area (Å²) in [6.07, 6.45) is 1.85. The lowest BCUT2D eigenvalue weighted by atomic mass is 10.3. The summed E-state index contributed by atoms with van der Waals surface area (Å²) >= 11 is 1.42. The summed E-state index contributed by atoms with van der Waals surface area (Å²) in [6.45, 7) is 0. The van der Waals surface area contributed by atoms with E-state index in [0.29, 0.717) is 11.2 Å². The maximum absolute atomic E-state index is 12.6. The molecule has 3 N–H and O–H groups in total. The molecule has 3 rings (SSSR count). The van der Waals surface area contributed by atoms with Crippen molar-refractivity contribution in [3.63, 3.8) is 0 Å². The third-order valence-corrected chi connectivity index (χ3v) is 5.51. The Balaban J connectivity index is 2.06. The number of H-pyrrole nitrogens is 2. The van der Waals surface area contributed by atoms with Gasteiger partial charge >= 0.3 is 11.1 Å². The summed E-state index contributed by atoms with van der Waals surface area (Å²) in [6, 6.07) is 11.1. The fraction of sp³-hybridized carbons (Fsp3) is 0.0667. The van der Waals surface area contributed by atoms with E-state index in [2.05, 4.69) is 14.7 Å². The van der Waals surface area contributed by atoms with Crippen LogP contribution in [0.2, 0.25) is 0 Å². The maximum atomic E-state index is 12.6. The number of aromatic amines is 2. The number of fused-ring (bicyclic) bond motifs is 1. The summed E-state index contributed by atoms with van der Waals surface area (Å²) in [5, 5.41) is 0. The number of aromatic nitrogens is 2. The topological polar surface area (TPSA) is 112 Å². The molecule has 3 aromatic rings. The molecular formula is C15H13N3O4S2. The number of para-hydroxylation sites is 1. The van der Waals surface area contributed by atoms with E-state index < -0.39 is 21.1 Å². The lowest BCUT2D eigenvalue weighted by molar-refractivity contribution is 0.601. The monoisotopic (exact) mass is 363 g/mol. The molecule has 0 atom stereocenters. The molecule has 9 heteroatoms. The van der Waals surface area contributed by atoms with Crippen LogP contribution < -0.4 is 15.8 Å². The second kappa shape index (κ2) is 6.17. The predicted molar refractivity (Wildman–Crippen MR) is 94.2 cm³/mol. The zero-order valence-corrected chi connectivity index (χ0v) is 14.1. The van der Waals surface area contributed by atoms with Gasteiger partial charge in [0.25, 0.3) is 10.0 Å². The minimum Gasteiger partial charge on any atom is -0.316 e. The molecule has 0 saturated carbocycles. The standard InChI is InChI=1S/C15H13N3O4S2/c1-23-13-5-3-2-4-11(13)18-24(21,22)9-6-7-10-12(8-9)17-15(20)14(19)16-10/h2-8,18H,1H3,(H,16,19)(H,17,20). The van der Waals surface area contributed by atoms with Crippen LogP contribution in [0.3, 0.4) is 0 Å². The molecule has 124 valence electrons. The van der Waals surface area contributed by atoms with E-state index in [0.717, 1.165) is 4.90 Å². The first-order valence-corrected chi connectivity index (χ1v) is 9.54. The SMILES string of the molecule is CSc1ccccc1NS(=O)(=O)c1ccc2[nH]c(=O)c(=O)[nH]c2c1. The summed E-state index contributed by atoms with van der Waals surface area (Å²) in [5.74, 6) is 0. The van der Waals surface area contributed by atoms with Gasteiger partial charge in [0.2, 0.25) is 0 Å². The van der Waals surface area contributed by atoms with Gasteiger partial charge in [-0.2, -0.15) is 0 Å². The molecule has 0 aliphatic heterocycles. The molecule has 0 spiro atoms. The van der Waals surface area contributed by atoms with Crippen molar-refractivity contribution < 1.29 is 8.42 Å². The van der Waals surface area contributed by atoms with Crippen molar-refractivity contribution in [2.75, 3.05) is 11.0 Å². The fourth-order valence-electron chi connectivity index (χ4n) is 2.19. The highest BCUT2D eigenvalue weighted by atomic mass is 32.2. The van der Waals surface area contributed by atoms with Crippen LogP contribution in [-0.4, -0.2) is 24.6 Å². The average Bonchev–Trinajstić information content (AvgIpc) is 2.55. The second-order valence-electron chi connectivity index (χ2n) is 4.92. The molecule has 0 aliphatic carbocycles. The Morgan fingerprint density at radius 1 is 0.958 bits per heavy atom. The van der Waals surface area contributed by atoms with Gasteiger partial charge in [-0.25, -0.2) is 8.42 Å². The highest BCUT2D eigenvalue weighted by Crippen LogP contribution is 2.27. The largest absolute Gasteiger partial charge is 0.316 e. The fourth-order valence-corrected chi connectivity index (χ4v) is 3.92. The predicted octanol–water partition coefficient (Wildman–Crippen LogP) is 1.74. The van der Waals surface area contributed by atoms with E-state index >= 15 is 0 Å². The van der Waals surface area contributed by atoms with Gasteiger partial charge in [0, 0.05) is 4.90 Å². The Morgan fingerprint density at radius 3 is 2.33 bits per heavy atom. The molecule has 1 aromatic heterocycles. The Morgan fingerprint density at radius 2 is 1.62 bits per heavy atom. The van der Waals surface area contributed by atoms with Crippen molar-refractivity contribution in [3.05, 3.63) is 63.2 Å². The van der Waals surface area contributed by atoms with Crippen LogP contribution in [0.4, 0.5) is 5.69 Å². The molecular weight excluding hydrogens is 350 g/mol. The number of benzene rings is 2. The number of rotatable bonds is 4. The number of anilines is 1. The summed E-state index contributed by atoms with van der Waals surface area (Å²) in [7, 11) is -3.84. The van der Waals surface area contributed by atoms with E-state index in [1.165, 1.54) is 30.0 Å². The lowest BCUT2D eigenvalue weighted by Gasteiger charge is -2.11. The number of thioether (sulfide) groups is 1. The zero-order chi connectivity index (χ0) is 17.3. The highest BCUT2D eigenvalue weighted by Gasteiger charge is 2.16. The molecule has 0 aliphatic rings. The zero-order valence-electron chi connectivity index (χ0n) is 12.5. The molecule has 0 bridgehead atoms. The third-order valence-electron chi connectivity index (χ3n) is 3.36. The molecule has 0 saturated heterocycles. The van der Waals surface area contributed by atoms with Gasteiger partial charge < -0.3 is 9.97 Å². The minimum absolute atomic E-state index is 0.0198. The van der Waals surface area contributed by atoms with Gasteiger partial charge in [0.05, 0.1) is 21.6 Å². The minimum atomic E-state index is -3.84. The van der Waals surface area contributed by atoms with Crippen molar-refractivity contribution in [2.24, 2.45) is 0 Å². The van der Waals surface area contributed by atoms with Gasteiger partial charge in [-0.05, 0) is 36.6 Å². The van der Waals surface area contributed by atoms with Gasteiger partial charge in [0.1, 0.15) is 0 Å². The summed E-state index contributed by atoms with van der Waals surface area (Å²) < 4.78 is 27.7. The van der Waals surface area contributed by atoms with E-state index in [9.17, 15) is 18.0 Å². The lowest BCUT2D eigenvalue weighted by Crippen LogP contribution is -2.29. The van der Waals surface area contributed by atoms with Crippen LogP contribution in [0.25, 0.3) is 11.0 Å². The molecule has 0 radical (unpaired) electrons. The number of nitrogens with one attached hydrogen (secondary N) is 3. The van der Waals surface area contributed by atoms with Crippen LogP contribution in [0.15, 0.2) is 61.8 Å². The third kappa shape index (κ3) is 3.08. The number of hydrogen-bond donors (Lipinski definition) is 3. The molecule has 0 fully saturated rings. The van der Waals surface area contributed by atoms with Crippen molar-refractivity contribution >= 4 is 38.5 Å². The maximum Gasteiger partial charge on any atom is 0.314 e. The van der Waals surface area contributed by atoms with Crippen molar-refractivity contribution in [3.8, 4) is 0 Å². The Kier molecular flexibility index (Phi) is 4.20. The second-order valence-corrected chi connectivity index (χ2v) is 7.45. The molecule has 7 nitrogen and oxygen atoms in total. The first-order valence-electron chi connectivity index (χ1n) is 6.83. The van der Waals surface area contributed by atoms with Gasteiger partial charge in [0.15, 0.2) is 0 Å². The molecule has 0 unspecified atom stereocenters. The summed E-state index contributed by atoms with van der Waals surface area (Å²) in [5.41, 5.74) is -0.563. The molecule has 24 heavy (non-hydrogen) atoms. The number of hydrogen-bond acceptors (Lipinski definition) is 5. The van der Waals surface area contributed by atoms with Gasteiger partial charge in [-0.1, -0.05) is 12.1 Å². The average molecular weight is 363 g/mol. The van der Waals surface area contributed by atoms with Gasteiger partial charge in [-0.15, -0.1) is 11.8 Å². The van der Waals surface area contributed by atoms with E-state index in [1.54, 1.807) is 12.1 Å². The van der Waals surface area contributed by atoms with Crippen LogP contribution in [0.5, 0.6) is 0 Å². The van der Waals surface area contributed by atoms with Crippen molar-refractivity contribution in [1.82, 2.24) is 9.97 Å². The Hall–Kier alpha value is -2.52. The summed E-state index contributed by atoms with van der Waals surface area (Å²) in [4.78, 5) is 28.2. The first-order chi connectivity index (χ1) is 11.4. The van der Waals surface area contributed by atoms with Crippen LogP contribution >= 0.6 is 11.8 Å². The molecule has 0 amide bonds.